The van der Waals surface area contributed by atoms with Crippen molar-refractivity contribution in [2.24, 2.45) is 0 Å². The molecule has 0 aliphatic rings. The molecule has 2 aromatic carbocycles. The molecule has 0 fully saturated rings. The predicted molar refractivity (Wildman–Crippen MR) is 84.0 cm³/mol. The first-order chi connectivity index (χ1) is 9.66. The Morgan fingerprint density at radius 2 is 1.95 bits per heavy atom. The van der Waals surface area contributed by atoms with E-state index in [4.69, 9.17) is 0 Å². The molecule has 0 aliphatic heterocycles. The fourth-order valence-corrected chi connectivity index (χ4v) is 3.61. The fraction of sp³-hybridized carbons (Fsp3) is 0.0625. The minimum absolute atomic E-state index is 0.0834. The fourth-order valence-electron chi connectivity index (χ4n) is 2.16. The van der Waals surface area contributed by atoms with Crippen molar-refractivity contribution in [1.29, 1.82) is 0 Å². The Labute approximate surface area is 128 Å². The molecule has 0 aliphatic carbocycles. The van der Waals surface area contributed by atoms with Gasteiger partial charge in [0.25, 0.3) is 0 Å². The van der Waals surface area contributed by atoms with Crippen molar-refractivity contribution in [3.8, 4) is 0 Å². The predicted octanol–water partition coefficient (Wildman–Crippen LogP) is 5.23. The van der Waals surface area contributed by atoms with Crippen LogP contribution in [0.2, 0.25) is 0 Å². The van der Waals surface area contributed by atoms with Crippen molar-refractivity contribution >= 4 is 43.1 Å². The Kier molecular flexibility index (Phi) is 3.68. The number of ketones is 1. The van der Waals surface area contributed by atoms with Crippen LogP contribution in [0.5, 0.6) is 0 Å². The molecule has 20 heavy (non-hydrogen) atoms. The van der Waals surface area contributed by atoms with Crippen molar-refractivity contribution in [3.63, 3.8) is 0 Å². The Bertz CT molecular complexity index is 794. The highest BCUT2D eigenvalue weighted by molar-refractivity contribution is 9.10. The van der Waals surface area contributed by atoms with Crippen molar-refractivity contribution in [1.82, 2.24) is 0 Å². The molecule has 4 heteroatoms. The smallest absolute Gasteiger partial charge is 0.168 e. The molecule has 3 aromatic rings. The molecule has 0 atom stereocenters. The number of carbonyl (C=O) groups is 1. The number of rotatable bonds is 3. The molecular weight excluding hydrogens is 339 g/mol. The van der Waals surface area contributed by atoms with Gasteiger partial charge in [-0.1, -0.05) is 30.3 Å². The quantitative estimate of drug-likeness (QED) is 0.592. The molecule has 0 bridgehead atoms. The van der Waals surface area contributed by atoms with Crippen LogP contribution in [0.4, 0.5) is 4.39 Å². The Morgan fingerprint density at radius 1 is 1.15 bits per heavy atom. The molecule has 1 heterocycles. The lowest BCUT2D eigenvalue weighted by Gasteiger charge is -2.04. The lowest BCUT2D eigenvalue weighted by molar-refractivity contribution is 0.0992. The van der Waals surface area contributed by atoms with Crippen LogP contribution < -0.4 is 0 Å². The third-order valence-electron chi connectivity index (χ3n) is 3.16. The van der Waals surface area contributed by atoms with Crippen molar-refractivity contribution in [3.05, 3.63) is 69.3 Å². The van der Waals surface area contributed by atoms with Gasteiger partial charge in [-0.15, -0.1) is 11.3 Å². The van der Waals surface area contributed by atoms with Crippen LogP contribution in [-0.2, 0) is 6.42 Å². The van der Waals surface area contributed by atoms with Crippen LogP contribution in [0.15, 0.2) is 52.3 Å². The summed E-state index contributed by atoms with van der Waals surface area (Å²) in [6, 6.07) is 12.5. The van der Waals surface area contributed by atoms with Crippen LogP contribution in [0.25, 0.3) is 10.1 Å². The van der Waals surface area contributed by atoms with Crippen LogP contribution in [0.3, 0.4) is 0 Å². The summed E-state index contributed by atoms with van der Waals surface area (Å²) >= 11 is 4.76. The normalized spacial score (nSPS) is 10.9. The van der Waals surface area contributed by atoms with E-state index in [1.807, 2.05) is 29.6 Å². The number of carbonyl (C=O) groups excluding carboxylic acids is 1. The summed E-state index contributed by atoms with van der Waals surface area (Å²) in [7, 11) is 0. The number of hydrogen-bond acceptors (Lipinski definition) is 2. The van der Waals surface area contributed by atoms with E-state index >= 15 is 0 Å². The Balaban J connectivity index is 1.95. The molecular formula is C16H10BrFOS. The third kappa shape index (κ3) is 2.41. The maximum absolute atomic E-state index is 13.5. The van der Waals surface area contributed by atoms with E-state index in [1.165, 1.54) is 6.07 Å². The lowest BCUT2D eigenvalue weighted by Crippen LogP contribution is -2.05. The summed E-state index contributed by atoms with van der Waals surface area (Å²) in [4.78, 5) is 12.3. The van der Waals surface area contributed by atoms with Crippen molar-refractivity contribution in [2.75, 3.05) is 0 Å². The van der Waals surface area contributed by atoms with E-state index in [1.54, 1.807) is 23.5 Å². The molecule has 0 saturated heterocycles. The SMILES string of the molecule is O=C(Cc1csc2ccccc12)c1cccc(F)c1Br. The van der Waals surface area contributed by atoms with E-state index in [0.29, 0.717) is 5.56 Å². The highest BCUT2D eigenvalue weighted by atomic mass is 79.9. The van der Waals surface area contributed by atoms with Crippen LogP contribution in [0, 0.1) is 5.82 Å². The first kappa shape index (κ1) is 13.5. The highest BCUT2D eigenvalue weighted by Crippen LogP contribution is 2.28. The van der Waals surface area contributed by atoms with Gasteiger partial charge in [-0.2, -0.15) is 0 Å². The number of fused-ring (bicyclic) bond motifs is 1. The van der Waals surface area contributed by atoms with Gasteiger partial charge in [-0.05, 0) is 44.4 Å². The molecule has 0 amide bonds. The van der Waals surface area contributed by atoms with E-state index < -0.39 is 5.82 Å². The van der Waals surface area contributed by atoms with Crippen LogP contribution in [-0.4, -0.2) is 5.78 Å². The summed E-state index contributed by atoms with van der Waals surface area (Å²) in [6.07, 6.45) is 0.284. The molecule has 1 nitrogen and oxygen atoms in total. The van der Waals surface area contributed by atoms with Gasteiger partial charge >= 0.3 is 0 Å². The lowest BCUT2D eigenvalue weighted by atomic mass is 10.0. The second-order valence-electron chi connectivity index (χ2n) is 4.46. The summed E-state index contributed by atoms with van der Waals surface area (Å²) < 4.78 is 14.9. The minimum Gasteiger partial charge on any atom is -0.294 e. The van der Waals surface area contributed by atoms with Gasteiger partial charge in [0.2, 0.25) is 0 Å². The van der Waals surface area contributed by atoms with E-state index in [-0.39, 0.29) is 16.7 Å². The van der Waals surface area contributed by atoms with Crippen LogP contribution in [0.1, 0.15) is 15.9 Å². The molecule has 0 saturated carbocycles. The zero-order chi connectivity index (χ0) is 14.1. The first-order valence-corrected chi connectivity index (χ1v) is 7.76. The zero-order valence-electron chi connectivity index (χ0n) is 10.4. The molecule has 100 valence electrons. The maximum Gasteiger partial charge on any atom is 0.168 e. The molecule has 1 aromatic heterocycles. The van der Waals surface area contributed by atoms with E-state index in [9.17, 15) is 9.18 Å². The zero-order valence-corrected chi connectivity index (χ0v) is 12.8. The van der Waals surface area contributed by atoms with Crippen LogP contribution >= 0.6 is 27.3 Å². The van der Waals surface area contributed by atoms with E-state index in [0.717, 1.165) is 15.6 Å². The maximum atomic E-state index is 13.5. The van der Waals surface area contributed by atoms with Crippen molar-refractivity contribution < 1.29 is 9.18 Å². The molecule has 3 rings (SSSR count). The largest absolute Gasteiger partial charge is 0.294 e. The molecule has 0 unspecified atom stereocenters. The van der Waals surface area contributed by atoms with Gasteiger partial charge in [0, 0.05) is 16.7 Å². The number of Topliss-reactive ketones (excluding diaryl/α,β-unsaturated/α-hetero) is 1. The standard InChI is InChI=1S/C16H10BrFOS/c17-16-12(5-3-6-13(16)18)14(19)8-10-9-20-15-7-2-1-4-11(10)15/h1-7,9H,8H2. The Hall–Kier alpha value is -1.52. The Morgan fingerprint density at radius 3 is 2.80 bits per heavy atom. The van der Waals surface area contributed by atoms with Gasteiger partial charge in [-0.25, -0.2) is 4.39 Å². The third-order valence-corrected chi connectivity index (χ3v) is 4.98. The summed E-state index contributed by atoms with van der Waals surface area (Å²) in [5, 5.41) is 3.09. The molecule has 0 N–H and O–H groups in total. The minimum atomic E-state index is -0.411. The summed E-state index contributed by atoms with van der Waals surface area (Å²) in [5.74, 6) is -0.494. The first-order valence-electron chi connectivity index (χ1n) is 6.09. The summed E-state index contributed by atoms with van der Waals surface area (Å²) in [5.41, 5.74) is 1.38. The van der Waals surface area contributed by atoms with E-state index in [2.05, 4.69) is 15.9 Å². The molecule has 0 spiro atoms. The van der Waals surface area contributed by atoms with Gasteiger partial charge in [-0.3, -0.25) is 4.79 Å². The summed E-state index contributed by atoms with van der Waals surface area (Å²) in [6.45, 7) is 0. The highest BCUT2D eigenvalue weighted by Gasteiger charge is 2.15. The van der Waals surface area contributed by atoms with Gasteiger partial charge in [0.05, 0.1) is 4.47 Å². The number of halogens is 2. The molecule has 0 radical (unpaired) electrons. The van der Waals surface area contributed by atoms with Gasteiger partial charge < -0.3 is 0 Å². The van der Waals surface area contributed by atoms with Gasteiger partial charge in [0.15, 0.2) is 5.78 Å². The number of benzene rings is 2. The number of thiophene rings is 1. The average Bonchev–Trinajstić information content (AvgIpc) is 2.85. The second kappa shape index (κ2) is 5.46. The van der Waals surface area contributed by atoms with Gasteiger partial charge in [0.1, 0.15) is 5.82 Å². The topological polar surface area (TPSA) is 17.1 Å². The second-order valence-corrected chi connectivity index (χ2v) is 6.16. The monoisotopic (exact) mass is 348 g/mol. The average molecular weight is 349 g/mol. The van der Waals surface area contributed by atoms with Crippen molar-refractivity contribution in [2.45, 2.75) is 6.42 Å². The number of hydrogen-bond donors (Lipinski definition) is 0.